The van der Waals surface area contributed by atoms with Gasteiger partial charge in [0.1, 0.15) is 0 Å². The first kappa shape index (κ1) is 12.9. The van der Waals surface area contributed by atoms with Gasteiger partial charge in [-0.05, 0) is 38.5 Å². The van der Waals surface area contributed by atoms with E-state index in [1.54, 1.807) is 4.31 Å². The van der Waals surface area contributed by atoms with Gasteiger partial charge in [0.15, 0.2) is 0 Å². The van der Waals surface area contributed by atoms with Crippen LogP contribution in [0.3, 0.4) is 0 Å². The second kappa shape index (κ2) is 4.76. The smallest absolute Gasteiger partial charge is 0.217 e. The minimum atomic E-state index is -3.07. The van der Waals surface area contributed by atoms with Gasteiger partial charge in [-0.1, -0.05) is 12.8 Å². The van der Waals surface area contributed by atoms with Gasteiger partial charge < -0.3 is 5.11 Å². The van der Waals surface area contributed by atoms with Crippen LogP contribution in [0, 0.1) is 5.92 Å². The molecule has 18 heavy (non-hydrogen) atoms. The van der Waals surface area contributed by atoms with E-state index in [4.69, 9.17) is 0 Å². The minimum absolute atomic E-state index is 0.0749. The molecule has 1 N–H and O–H groups in total. The predicted octanol–water partition coefficient (Wildman–Crippen LogP) is 1.49. The second-order valence-electron chi connectivity index (χ2n) is 6.08. The van der Waals surface area contributed by atoms with E-state index in [0.29, 0.717) is 6.54 Å². The molecule has 2 saturated carbocycles. The van der Waals surface area contributed by atoms with Crippen LogP contribution in [0.15, 0.2) is 0 Å². The highest BCUT2D eigenvalue weighted by Crippen LogP contribution is 2.40. The minimum Gasteiger partial charge on any atom is -0.393 e. The van der Waals surface area contributed by atoms with Gasteiger partial charge in [0.25, 0.3) is 0 Å². The van der Waals surface area contributed by atoms with Crippen molar-refractivity contribution in [3.63, 3.8) is 0 Å². The fraction of sp³-hybridized carbons (Fsp3) is 1.00. The van der Waals surface area contributed by atoms with Crippen molar-refractivity contribution in [2.45, 2.75) is 68.8 Å². The summed E-state index contributed by atoms with van der Waals surface area (Å²) in [6, 6.07) is 0.0749. The summed E-state index contributed by atoms with van der Waals surface area (Å²) < 4.78 is 26.5. The summed E-state index contributed by atoms with van der Waals surface area (Å²) in [7, 11) is -3.07. The SMILES string of the molecule is O=S(=O)(C1CC1)N1CCCC1C1CCCCC1O. The largest absolute Gasteiger partial charge is 0.393 e. The molecular formula is C13H23NO3S. The lowest BCUT2D eigenvalue weighted by Gasteiger charge is -2.36. The van der Waals surface area contributed by atoms with Crippen LogP contribution in [-0.4, -0.2) is 41.8 Å². The summed E-state index contributed by atoms with van der Waals surface area (Å²) in [6.45, 7) is 0.673. The zero-order valence-electron chi connectivity index (χ0n) is 10.8. The number of aliphatic hydroxyl groups is 1. The van der Waals surface area contributed by atoms with E-state index in [0.717, 1.165) is 51.4 Å². The molecule has 1 saturated heterocycles. The van der Waals surface area contributed by atoms with Crippen molar-refractivity contribution in [2.75, 3.05) is 6.54 Å². The van der Waals surface area contributed by atoms with Crippen molar-refractivity contribution in [3.05, 3.63) is 0 Å². The van der Waals surface area contributed by atoms with Crippen LogP contribution in [0.4, 0.5) is 0 Å². The van der Waals surface area contributed by atoms with E-state index < -0.39 is 10.0 Å². The fourth-order valence-electron chi connectivity index (χ4n) is 3.66. The highest BCUT2D eigenvalue weighted by Gasteiger charge is 2.47. The lowest BCUT2D eigenvalue weighted by atomic mass is 9.81. The van der Waals surface area contributed by atoms with Gasteiger partial charge in [-0.25, -0.2) is 8.42 Å². The Balaban J connectivity index is 1.78. The molecule has 3 atom stereocenters. The quantitative estimate of drug-likeness (QED) is 0.847. The Bertz CT molecular complexity index is 404. The molecule has 0 bridgehead atoms. The first-order chi connectivity index (χ1) is 8.60. The van der Waals surface area contributed by atoms with Crippen molar-refractivity contribution in [3.8, 4) is 0 Å². The second-order valence-corrected chi connectivity index (χ2v) is 8.25. The van der Waals surface area contributed by atoms with E-state index >= 15 is 0 Å². The Kier molecular flexibility index (Phi) is 3.41. The molecule has 3 rings (SSSR count). The average molecular weight is 273 g/mol. The molecule has 0 spiro atoms. The van der Waals surface area contributed by atoms with Crippen molar-refractivity contribution >= 4 is 10.0 Å². The van der Waals surface area contributed by atoms with Crippen molar-refractivity contribution in [2.24, 2.45) is 5.92 Å². The van der Waals surface area contributed by atoms with E-state index in [2.05, 4.69) is 0 Å². The van der Waals surface area contributed by atoms with E-state index in [9.17, 15) is 13.5 Å². The van der Waals surface area contributed by atoms with E-state index in [-0.39, 0.29) is 23.3 Å². The van der Waals surface area contributed by atoms with E-state index in [1.165, 1.54) is 0 Å². The molecule has 1 heterocycles. The van der Waals surface area contributed by atoms with Gasteiger partial charge in [0, 0.05) is 18.5 Å². The number of nitrogens with zero attached hydrogens (tertiary/aromatic N) is 1. The third-order valence-electron chi connectivity index (χ3n) is 4.80. The van der Waals surface area contributed by atoms with Crippen LogP contribution in [-0.2, 0) is 10.0 Å². The third-order valence-corrected chi connectivity index (χ3v) is 7.22. The molecule has 4 nitrogen and oxygen atoms in total. The number of aliphatic hydroxyl groups excluding tert-OH is 1. The van der Waals surface area contributed by atoms with Crippen LogP contribution in [0.5, 0.6) is 0 Å². The number of sulfonamides is 1. The lowest BCUT2D eigenvalue weighted by Crippen LogP contribution is -2.46. The normalized spacial score (nSPS) is 39.1. The van der Waals surface area contributed by atoms with Crippen LogP contribution >= 0.6 is 0 Å². The molecule has 3 fully saturated rings. The first-order valence-corrected chi connectivity index (χ1v) is 8.80. The number of rotatable bonds is 3. The van der Waals surface area contributed by atoms with Gasteiger partial charge in [0.05, 0.1) is 11.4 Å². The molecular weight excluding hydrogens is 250 g/mol. The Hall–Kier alpha value is -0.130. The Morgan fingerprint density at radius 1 is 0.944 bits per heavy atom. The molecule has 5 heteroatoms. The zero-order valence-corrected chi connectivity index (χ0v) is 11.6. The fourth-order valence-corrected chi connectivity index (χ4v) is 5.79. The Morgan fingerprint density at radius 2 is 1.67 bits per heavy atom. The monoisotopic (exact) mass is 273 g/mol. The summed E-state index contributed by atoms with van der Waals surface area (Å²) >= 11 is 0. The number of hydrogen-bond donors (Lipinski definition) is 1. The van der Waals surface area contributed by atoms with Gasteiger partial charge in [0.2, 0.25) is 10.0 Å². The molecule has 0 aromatic carbocycles. The highest BCUT2D eigenvalue weighted by atomic mass is 32.2. The molecule has 104 valence electrons. The highest BCUT2D eigenvalue weighted by molar-refractivity contribution is 7.90. The summed E-state index contributed by atoms with van der Waals surface area (Å²) in [5.74, 6) is 0.176. The topological polar surface area (TPSA) is 57.6 Å². The summed E-state index contributed by atoms with van der Waals surface area (Å²) in [5, 5.41) is 10.0. The van der Waals surface area contributed by atoms with Crippen molar-refractivity contribution in [1.82, 2.24) is 4.31 Å². The van der Waals surface area contributed by atoms with Gasteiger partial charge in [-0.15, -0.1) is 0 Å². The molecule has 3 unspecified atom stereocenters. The lowest BCUT2D eigenvalue weighted by molar-refractivity contribution is 0.0386. The van der Waals surface area contributed by atoms with Gasteiger partial charge >= 0.3 is 0 Å². The maximum absolute atomic E-state index is 12.4. The first-order valence-electron chi connectivity index (χ1n) is 7.29. The van der Waals surface area contributed by atoms with Crippen LogP contribution in [0.2, 0.25) is 0 Å². The molecule has 0 aromatic heterocycles. The third kappa shape index (κ3) is 2.21. The Morgan fingerprint density at radius 3 is 2.33 bits per heavy atom. The maximum atomic E-state index is 12.4. The van der Waals surface area contributed by atoms with Crippen molar-refractivity contribution < 1.29 is 13.5 Å². The maximum Gasteiger partial charge on any atom is 0.217 e. The summed E-state index contributed by atoms with van der Waals surface area (Å²) in [5.41, 5.74) is 0. The molecule has 1 aliphatic heterocycles. The van der Waals surface area contributed by atoms with Gasteiger partial charge in [-0.3, -0.25) is 0 Å². The number of hydrogen-bond acceptors (Lipinski definition) is 3. The summed E-state index contributed by atoms with van der Waals surface area (Å²) in [6.07, 6.45) is 7.32. The standard InChI is InChI=1S/C13H23NO3S/c15-13-6-2-1-4-11(13)12-5-3-9-14(12)18(16,17)10-7-8-10/h10-13,15H,1-9H2. The Labute approximate surface area is 109 Å². The predicted molar refractivity (Wildman–Crippen MR) is 69.6 cm³/mol. The van der Waals surface area contributed by atoms with Crippen molar-refractivity contribution in [1.29, 1.82) is 0 Å². The molecule has 0 radical (unpaired) electrons. The summed E-state index contributed by atoms with van der Waals surface area (Å²) in [4.78, 5) is 0. The average Bonchev–Trinajstić information content (AvgIpc) is 3.09. The molecule has 0 amide bonds. The molecule has 0 aromatic rings. The van der Waals surface area contributed by atoms with Crippen LogP contribution in [0.25, 0.3) is 0 Å². The molecule has 2 aliphatic carbocycles. The zero-order chi connectivity index (χ0) is 12.8. The van der Waals surface area contributed by atoms with Crippen LogP contribution < -0.4 is 0 Å². The molecule has 3 aliphatic rings. The van der Waals surface area contributed by atoms with Gasteiger partial charge in [-0.2, -0.15) is 4.31 Å². The van der Waals surface area contributed by atoms with Crippen LogP contribution in [0.1, 0.15) is 51.4 Å². The van der Waals surface area contributed by atoms with E-state index in [1.807, 2.05) is 0 Å².